The quantitative estimate of drug-likeness (QED) is 0.402. The fourth-order valence-corrected chi connectivity index (χ4v) is 4.03. The molecule has 10 heteroatoms. The number of nitrogens with one attached hydrogen (secondary N) is 2. The van der Waals surface area contributed by atoms with Crippen LogP contribution < -0.4 is 10.6 Å². The zero-order valence-electron chi connectivity index (χ0n) is 19.5. The topological polar surface area (TPSA) is 112 Å². The molecule has 0 spiro atoms. The van der Waals surface area contributed by atoms with E-state index in [1.165, 1.54) is 10.5 Å². The number of carboxylic acids is 1. The van der Waals surface area contributed by atoms with Gasteiger partial charge in [-0.05, 0) is 41.8 Å². The molecule has 0 aliphatic heterocycles. The number of amides is 2. The lowest BCUT2D eigenvalue weighted by molar-refractivity contribution is 0.0697. The van der Waals surface area contributed by atoms with Gasteiger partial charge >= 0.3 is 12.0 Å². The summed E-state index contributed by atoms with van der Waals surface area (Å²) in [5.41, 5.74) is 3.97. The molecule has 9 nitrogen and oxygen atoms in total. The van der Waals surface area contributed by atoms with Crippen molar-refractivity contribution >= 4 is 55.7 Å². The van der Waals surface area contributed by atoms with Crippen LogP contribution in [0, 0.1) is 0 Å². The summed E-state index contributed by atoms with van der Waals surface area (Å²) in [6.07, 6.45) is 0. The molecule has 0 aliphatic carbocycles. The van der Waals surface area contributed by atoms with Crippen LogP contribution in [0.15, 0.2) is 36.4 Å². The van der Waals surface area contributed by atoms with Crippen molar-refractivity contribution in [1.29, 1.82) is 0 Å². The van der Waals surface area contributed by atoms with Gasteiger partial charge in [-0.15, -0.1) is 0 Å². The summed E-state index contributed by atoms with van der Waals surface area (Å²) >= 11 is 1.58. The molecule has 0 unspecified atom stereocenters. The van der Waals surface area contributed by atoms with Crippen molar-refractivity contribution < 1.29 is 14.7 Å². The zero-order valence-corrected chi connectivity index (χ0v) is 20.3. The van der Waals surface area contributed by atoms with E-state index in [4.69, 9.17) is 5.11 Å². The van der Waals surface area contributed by atoms with Crippen LogP contribution in [0.4, 0.5) is 15.9 Å². The number of nitrogens with zero attached hydrogens (tertiary/aromatic N) is 4. The summed E-state index contributed by atoms with van der Waals surface area (Å²) in [7, 11) is 6.88. The molecule has 174 valence electrons. The first-order chi connectivity index (χ1) is 15.6. The Bertz CT molecular complexity index is 1310. The van der Waals surface area contributed by atoms with Crippen molar-refractivity contribution in [3.8, 4) is 0 Å². The number of aryl methyl sites for hydroxylation is 1. The second-order valence-electron chi connectivity index (χ2n) is 7.98. The fourth-order valence-electron chi connectivity index (χ4n) is 3.12. The molecule has 0 fully saturated rings. The number of hydrogen-bond acceptors (Lipinski definition) is 6. The van der Waals surface area contributed by atoms with E-state index < -0.39 is 5.97 Å². The van der Waals surface area contributed by atoms with Crippen LogP contribution in [-0.2, 0) is 7.05 Å². The Kier molecular flexibility index (Phi) is 7.17. The van der Waals surface area contributed by atoms with E-state index in [2.05, 4.69) is 46.6 Å². The Morgan fingerprint density at radius 1 is 1.09 bits per heavy atom. The lowest BCUT2D eigenvalue weighted by Crippen LogP contribution is -2.31. The third kappa shape index (κ3) is 5.40. The maximum Gasteiger partial charge on any atom is 0.335 e. The molecule has 0 atom stereocenters. The van der Waals surface area contributed by atoms with Gasteiger partial charge in [-0.25, -0.2) is 19.6 Å². The highest BCUT2D eigenvalue weighted by atomic mass is 32.1. The molecule has 0 radical (unpaired) electrons. The van der Waals surface area contributed by atoms with E-state index in [1.807, 2.05) is 17.7 Å². The maximum absolute atomic E-state index is 11.1. The number of fused-ring (bicyclic) bond motifs is 2. The van der Waals surface area contributed by atoms with Gasteiger partial charge in [0.15, 0.2) is 5.13 Å². The highest BCUT2D eigenvalue weighted by molar-refractivity contribution is 7.22. The van der Waals surface area contributed by atoms with Gasteiger partial charge in [-0.3, -0.25) is 0 Å². The number of rotatable bonds is 4. The third-order valence-corrected chi connectivity index (χ3v) is 5.98. The van der Waals surface area contributed by atoms with Crippen molar-refractivity contribution in [3.63, 3.8) is 0 Å². The Hall–Kier alpha value is -3.66. The molecule has 2 aromatic carbocycles. The van der Waals surface area contributed by atoms with Crippen molar-refractivity contribution in [3.05, 3.63) is 47.5 Å². The van der Waals surface area contributed by atoms with E-state index in [0.717, 1.165) is 20.9 Å². The van der Waals surface area contributed by atoms with Gasteiger partial charge in [0.25, 0.3) is 0 Å². The second kappa shape index (κ2) is 9.86. The first-order valence-corrected chi connectivity index (χ1v) is 11.2. The summed E-state index contributed by atoms with van der Waals surface area (Å²) in [5.74, 6) is 0.144. The SMILES string of the molecule is CC(C)c1ccc2nc(Nc3nc4cc(C(=O)O)ccc4n3C)sc2c1.CNC(=O)N(C)C. The van der Waals surface area contributed by atoms with Crippen LogP contribution in [0.2, 0.25) is 0 Å². The van der Waals surface area contributed by atoms with Gasteiger partial charge in [0.05, 0.1) is 26.8 Å². The number of carbonyl (C=O) groups excluding carboxylic acids is 1. The zero-order chi connectivity index (χ0) is 24.3. The molecule has 3 N–H and O–H groups in total. The largest absolute Gasteiger partial charge is 0.478 e. The highest BCUT2D eigenvalue weighted by Gasteiger charge is 2.13. The minimum absolute atomic E-state index is 0.0694. The van der Waals surface area contributed by atoms with E-state index in [1.54, 1.807) is 50.7 Å². The molecule has 33 heavy (non-hydrogen) atoms. The fraction of sp³-hybridized carbons (Fsp3) is 0.304. The number of hydrogen-bond donors (Lipinski definition) is 3. The summed E-state index contributed by atoms with van der Waals surface area (Å²) in [6, 6.07) is 11.2. The molecule has 2 amide bonds. The molecule has 0 saturated carbocycles. The predicted octanol–water partition coefficient (Wildman–Crippen LogP) is 4.64. The molecular formula is C23H28N6O3S. The Labute approximate surface area is 196 Å². The Balaban J connectivity index is 0.000000383. The normalized spacial score (nSPS) is 10.8. The van der Waals surface area contributed by atoms with Crippen LogP contribution in [0.1, 0.15) is 35.7 Å². The molecule has 0 saturated heterocycles. The van der Waals surface area contributed by atoms with Crippen molar-refractivity contribution in [1.82, 2.24) is 24.8 Å². The van der Waals surface area contributed by atoms with Gasteiger partial charge in [-0.2, -0.15) is 0 Å². The minimum atomic E-state index is -0.959. The predicted molar refractivity (Wildman–Crippen MR) is 133 cm³/mol. The van der Waals surface area contributed by atoms with E-state index in [9.17, 15) is 9.59 Å². The number of thiazole rings is 1. The Morgan fingerprint density at radius 3 is 2.39 bits per heavy atom. The number of aromatic carboxylic acids is 1. The number of urea groups is 1. The van der Waals surface area contributed by atoms with Gasteiger partial charge in [-0.1, -0.05) is 31.3 Å². The van der Waals surface area contributed by atoms with Gasteiger partial charge < -0.3 is 25.2 Å². The molecule has 2 heterocycles. The molecule has 2 aromatic heterocycles. The number of carbonyl (C=O) groups is 2. The molecule has 4 aromatic rings. The van der Waals surface area contributed by atoms with Crippen molar-refractivity contribution in [2.45, 2.75) is 19.8 Å². The number of anilines is 2. The van der Waals surface area contributed by atoms with Crippen LogP contribution in [-0.4, -0.2) is 57.7 Å². The average Bonchev–Trinajstić information content (AvgIpc) is 3.32. The average molecular weight is 469 g/mol. The third-order valence-electron chi connectivity index (χ3n) is 5.05. The van der Waals surface area contributed by atoms with Gasteiger partial charge in [0.2, 0.25) is 5.95 Å². The summed E-state index contributed by atoms with van der Waals surface area (Å²) in [4.78, 5) is 32.1. The standard InChI is InChI=1S/C19H18N4O2S.C4H10N2O/c1-10(2)11-4-6-13-16(9-11)26-19(21-13)22-18-20-14-8-12(17(24)25)5-7-15(14)23(18)3;1-5-4(7)6(2)3/h4-10H,1-3H3,(H,24,25)(H,20,21,22);1-3H3,(H,5,7). The molecule has 4 rings (SSSR count). The number of benzene rings is 2. The Morgan fingerprint density at radius 2 is 1.82 bits per heavy atom. The van der Waals surface area contributed by atoms with Gasteiger partial charge in [0, 0.05) is 28.2 Å². The summed E-state index contributed by atoms with van der Waals surface area (Å²) < 4.78 is 3.03. The van der Waals surface area contributed by atoms with Crippen LogP contribution >= 0.6 is 11.3 Å². The van der Waals surface area contributed by atoms with Crippen LogP contribution in [0.3, 0.4) is 0 Å². The number of aromatic nitrogens is 3. The lowest BCUT2D eigenvalue weighted by atomic mass is 10.0. The van der Waals surface area contributed by atoms with E-state index in [0.29, 0.717) is 17.4 Å². The first-order valence-electron chi connectivity index (χ1n) is 10.4. The van der Waals surface area contributed by atoms with Crippen molar-refractivity contribution in [2.24, 2.45) is 7.05 Å². The number of carboxylic acid groups (broad SMARTS) is 1. The van der Waals surface area contributed by atoms with E-state index >= 15 is 0 Å². The molecule has 0 bridgehead atoms. The van der Waals surface area contributed by atoms with Crippen molar-refractivity contribution in [2.75, 3.05) is 26.5 Å². The monoisotopic (exact) mass is 468 g/mol. The smallest absolute Gasteiger partial charge is 0.335 e. The lowest BCUT2D eigenvalue weighted by Gasteiger charge is -2.06. The summed E-state index contributed by atoms with van der Waals surface area (Å²) in [6.45, 7) is 4.35. The van der Waals surface area contributed by atoms with E-state index in [-0.39, 0.29) is 11.6 Å². The summed E-state index contributed by atoms with van der Waals surface area (Å²) in [5, 5.41) is 15.6. The first kappa shape index (κ1) is 24.0. The maximum atomic E-state index is 11.1. The number of imidazole rings is 1. The molecular weight excluding hydrogens is 440 g/mol. The highest BCUT2D eigenvalue weighted by Crippen LogP contribution is 2.31. The minimum Gasteiger partial charge on any atom is -0.478 e. The van der Waals surface area contributed by atoms with Crippen LogP contribution in [0.5, 0.6) is 0 Å². The molecule has 0 aliphatic rings. The second-order valence-corrected chi connectivity index (χ2v) is 9.01. The van der Waals surface area contributed by atoms with Gasteiger partial charge in [0.1, 0.15) is 0 Å². The van der Waals surface area contributed by atoms with Crippen LogP contribution in [0.25, 0.3) is 21.3 Å².